The van der Waals surface area contributed by atoms with E-state index in [1.54, 1.807) is 0 Å². The van der Waals surface area contributed by atoms with Gasteiger partial charge in [0, 0.05) is 23.0 Å². The Morgan fingerprint density at radius 1 is 1.42 bits per heavy atom. The molecule has 1 aromatic carbocycles. The van der Waals surface area contributed by atoms with Gasteiger partial charge < -0.3 is 9.72 Å². The fourth-order valence-corrected chi connectivity index (χ4v) is 3.07. The van der Waals surface area contributed by atoms with Gasteiger partial charge in [0.2, 0.25) is 0 Å². The Morgan fingerprint density at radius 3 is 3.11 bits per heavy atom. The summed E-state index contributed by atoms with van der Waals surface area (Å²) in [6, 6.07) is 8.41. The fraction of sp³-hybridized carbons (Fsp3) is 0.438. The number of fused-ring (bicyclic) bond motifs is 3. The van der Waals surface area contributed by atoms with E-state index in [4.69, 9.17) is 4.74 Å². The Morgan fingerprint density at radius 2 is 2.26 bits per heavy atom. The van der Waals surface area contributed by atoms with Gasteiger partial charge in [0.25, 0.3) is 0 Å². The number of aromatic amines is 1. The first kappa shape index (κ1) is 12.3. The van der Waals surface area contributed by atoms with Crippen molar-refractivity contribution >= 4 is 16.9 Å². The van der Waals surface area contributed by atoms with Gasteiger partial charge in [-0.15, -0.1) is 0 Å². The number of H-pyrrole nitrogens is 1. The van der Waals surface area contributed by atoms with E-state index in [1.807, 2.05) is 6.92 Å². The summed E-state index contributed by atoms with van der Waals surface area (Å²) in [5.41, 5.74) is 3.96. The first-order chi connectivity index (χ1) is 9.28. The van der Waals surface area contributed by atoms with Crippen LogP contribution in [0.15, 0.2) is 24.3 Å². The normalized spacial score (nSPS) is 18.3. The van der Waals surface area contributed by atoms with Crippen molar-refractivity contribution in [3.05, 3.63) is 35.5 Å². The van der Waals surface area contributed by atoms with E-state index in [1.165, 1.54) is 22.2 Å². The predicted octanol–water partition coefficient (Wildman–Crippen LogP) is 3.23. The van der Waals surface area contributed by atoms with Crippen LogP contribution < -0.4 is 0 Å². The quantitative estimate of drug-likeness (QED) is 0.858. The van der Waals surface area contributed by atoms with Gasteiger partial charge in [-0.3, -0.25) is 4.79 Å². The third-order valence-corrected chi connectivity index (χ3v) is 3.96. The number of hydrogen-bond acceptors (Lipinski definition) is 2. The van der Waals surface area contributed by atoms with E-state index in [0.717, 1.165) is 19.3 Å². The van der Waals surface area contributed by atoms with Crippen LogP contribution in [0.4, 0.5) is 0 Å². The van der Waals surface area contributed by atoms with Crippen LogP contribution in [-0.2, 0) is 22.4 Å². The molecule has 0 spiro atoms. The number of hydrogen-bond donors (Lipinski definition) is 1. The second-order valence-electron chi connectivity index (χ2n) is 5.25. The molecule has 1 atom stereocenters. The van der Waals surface area contributed by atoms with Crippen molar-refractivity contribution in [1.82, 2.24) is 4.98 Å². The van der Waals surface area contributed by atoms with E-state index in [0.29, 0.717) is 18.9 Å². The summed E-state index contributed by atoms with van der Waals surface area (Å²) >= 11 is 0. The maximum Gasteiger partial charge on any atom is 0.306 e. The van der Waals surface area contributed by atoms with Crippen molar-refractivity contribution < 1.29 is 9.53 Å². The Labute approximate surface area is 113 Å². The number of ether oxygens (including phenoxy) is 1. The van der Waals surface area contributed by atoms with Crippen LogP contribution >= 0.6 is 0 Å². The van der Waals surface area contributed by atoms with Crippen molar-refractivity contribution in [1.29, 1.82) is 0 Å². The first-order valence-corrected chi connectivity index (χ1v) is 7.02. The highest BCUT2D eigenvalue weighted by atomic mass is 16.5. The molecular weight excluding hydrogens is 238 g/mol. The molecule has 3 heteroatoms. The highest BCUT2D eigenvalue weighted by Gasteiger charge is 2.24. The van der Waals surface area contributed by atoms with E-state index >= 15 is 0 Å². The van der Waals surface area contributed by atoms with Crippen molar-refractivity contribution in [3.8, 4) is 0 Å². The molecule has 0 aliphatic heterocycles. The molecule has 100 valence electrons. The van der Waals surface area contributed by atoms with E-state index < -0.39 is 0 Å². The zero-order chi connectivity index (χ0) is 13.2. The third kappa shape index (κ3) is 2.37. The second kappa shape index (κ2) is 5.08. The van der Waals surface area contributed by atoms with Gasteiger partial charge in [-0.25, -0.2) is 0 Å². The second-order valence-corrected chi connectivity index (χ2v) is 5.25. The van der Waals surface area contributed by atoms with Crippen LogP contribution in [0.25, 0.3) is 10.9 Å². The summed E-state index contributed by atoms with van der Waals surface area (Å²) in [6.07, 6.45) is 3.64. The number of esters is 1. The summed E-state index contributed by atoms with van der Waals surface area (Å²) in [5.74, 6) is 0.363. The van der Waals surface area contributed by atoms with Crippen LogP contribution in [0.1, 0.15) is 31.0 Å². The molecular formula is C16H19NO2. The topological polar surface area (TPSA) is 42.1 Å². The highest BCUT2D eigenvalue weighted by molar-refractivity contribution is 5.85. The van der Waals surface area contributed by atoms with E-state index in [2.05, 4.69) is 29.2 Å². The van der Waals surface area contributed by atoms with Gasteiger partial charge in [0.15, 0.2) is 0 Å². The molecule has 1 N–H and O–H groups in total. The van der Waals surface area contributed by atoms with E-state index in [9.17, 15) is 4.79 Å². The van der Waals surface area contributed by atoms with Gasteiger partial charge in [0.05, 0.1) is 6.61 Å². The summed E-state index contributed by atoms with van der Waals surface area (Å²) < 4.78 is 5.05. The largest absolute Gasteiger partial charge is 0.466 e. The molecule has 0 amide bonds. The Bertz CT molecular complexity index is 600. The lowest BCUT2D eigenvalue weighted by molar-refractivity contribution is -0.144. The number of aryl methyl sites for hydroxylation is 1. The SMILES string of the molecule is CCOC(=O)C[C@H]1CCc2[nH]c3ccccc3c2C1. The Kier molecular flexibility index (Phi) is 3.28. The molecule has 1 aliphatic carbocycles. The van der Waals surface area contributed by atoms with Crippen molar-refractivity contribution in [3.63, 3.8) is 0 Å². The highest BCUT2D eigenvalue weighted by Crippen LogP contribution is 2.33. The molecule has 0 bridgehead atoms. The Hall–Kier alpha value is -1.77. The van der Waals surface area contributed by atoms with Crippen LogP contribution in [-0.4, -0.2) is 17.6 Å². The molecule has 0 fully saturated rings. The minimum Gasteiger partial charge on any atom is -0.466 e. The van der Waals surface area contributed by atoms with Crippen LogP contribution in [0.5, 0.6) is 0 Å². The molecule has 1 aliphatic rings. The zero-order valence-corrected chi connectivity index (χ0v) is 11.2. The molecule has 3 nitrogen and oxygen atoms in total. The van der Waals surface area contributed by atoms with Crippen LogP contribution in [0.3, 0.4) is 0 Å². The number of nitrogens with one attached hydrogen (secondary N) is 1. The smallest absolute Gasteiger partial charge is 0.306 e. The van der Waals surface area contributed by atoms with Gasteiger partial charge in [0.1, 0.15) is 0 Å². The number of carbonyl (C=O) groups is 1. The zero-order valence-electron chi connectivity index (χ0n) is 11.2. The number of carbonyl (C=O) groups excluding carboxylic acids is 1. The van der Waals surface area contributed by atoms with Crippen molar-refractivity contribution in [2.45, 2.75) is 32.6 Å². The maximum absolute atomic E-state index is 11.6. The molecule has 2 aromatic rings. The number of aromatic nitrogens is 1. The first-order valence-electron chi connectivity index (χ1n) is 7.02. The molecule has 0 saturated carbocycles. The van der Waals surface area contributed by atoms with Crippen LogP contribution in [0.2, 0.25) is 0 Å². The third-order valence-electron chi connectivity index (χ3n) is 3.96. The lowest BCUT2D eigenvalue weighted by Gasteiger charge is -2.21. The lowest BCUT2D eigenvalue weighted by Crippen LogP contribution is -2.18. The summed E-state index contributed by atoms with van der Waals surface area (Å²) in [7, 11) is 0. The average Bonchev–Trinajstić information content (AvgIpc) is 2.77. The molecule has 0 saturated heterocycles. The molecule has 1 aromatic heterocycles. The molecule has 0 unspecified atom stereocenters. The Balaban J connectivity index is 1.81. The minimum atomic E-state index is -0.0595. The van der Waals surface area contributed by atoms with Crippen molar-refractivity contribution in [2.24, 2.45) is 5.92 Å². The van der Waals surface area contributed by atoms with Crippen LogP contribution in [0, 0.1) is 5.92 Å². The minimum absolute atomic E-state index is 0.0595. The van der Waals surface area contributed by atoms with Gasteiger partial charge in [-0.1, -0.05) is 18.2 Å². The number of para-hydroxylation sites is 1. The maximum atomic E-state index is 11.6. The summed E-state index contributed by atoms with van der Waals surface area (Å²) in [6.45, 7) is 2.33. The fourth-order valence-electron chi connectivity index (χ4n) is 3.07. The van der Waals surface area contributed by atoms with E-state index in [-0.39, 0.29) is 5.97 Å². The number of rotatable bonds is 3. The van der Waals surface area contributed by atoms with Gasteiger partial charge >= 0.3 is 5.97 Å². The molecule has 0 radical (unpaired) electrons. The average molecular weight is 257 g/mol. The molecule has 3 rings (SSSR count). The number of benzene rings is 1. The summed E-state index contributed by atoms with van der Waals surface area (Å²) in [4.78, 5) is 15.1. The van der Waals surface area contributed by atoms with Crippen molar-refractivity contribution in [2.75, 3.05) is 6.61 Å². The summed E-state index contributed by atoms with van der Waals surface area (Å²) in [5, 5.41) is 1.31. The predicted molar refractivity (Wildman–Crippen MR) is 75.1 cm³/mol. The molecule has 1 heterocycles. The monoisotopic (exact) mass is 257 g/mol. The standard InChI is InChI=1S/C16H19NO2/c1-2-19-16(18)10-11-7-8-15-13(9-11)12-5-3-4-6-14(12)17-15/h3-6,11,17H,2,7-10H2,1H3/t11-/m0/s1. The van der Waals surface area contributed by atoms with Gasteiger partial charge in [-0.2, -0.15) is 0 Å². The molecule has 19 heavy (non-hydrogen) atoms. The lowest BCUT2D eigenvalue weighted by atomic mass is 9.84. The van der Waals surface area contributed by atoms with Gasteiger partial charge in [-0.05, 0) is 43.7 Å².